The van der Waals surface area contributed by atoms with Crippen LogP contribution in [-0.2, 0) is 9.47 Å². The molecule has 0 saturated heterocycles. The first kappa shape index (κ1) is 10.9. The zero-order valence-corrected chi connectivity index (χ0v) is 7.08. The average molecular weight is 161 g/mol. The van der Waals surface area contributed by atoms with E-state index in [1.165, 1.54) is 0 Å². The molecule has 0 aliphatic heterocycles. The van der Waals surface area contributed by atoms with Gasteiger partial charge in [-0.3, -0.25) is 0 Å². The number of aliphatic hydroxyl groups is 1. The highest BCUT2D eigenvalue weighted by Gasteiger charge is 1.99. The van der Waals surface area contributed by atoms with Gasteiger partial charge in [0.2, 0.25) is 0 Å². The van der Waals surface area contributed by atoms with Crippen LogP contribution in [0, 0.1) is 6.92 Å². The van der Waals surface area contributed by atoms with Gasteiger partial charge in [0.15, 0.2) is 0 Å². The van der Waals surface area contributed by atoms with Crippen molar-refractivity contribution in [1.29, 1.82) is 0 Å². The Morgan fingerprint density at radius 3 is 2.73 bits per heavy atom. The van der Waals surface area contributed by atoms with Crippen molar-refractivity contribution in [2.75, 3.05) is 26.4 Å². The lowest BCUT2D eigenvalue weighted by molar-refractivity contribution is 0.0407. The van der Waals surface area contributed by atoms with E-state index in [9.17, 15) is 0 Å². The quantitative estimate of drug-likeness (QED) is 0.556. The van der Waals surface area contributed by atoms with Crippen molar-refractivity contribution in [3.63, 3.8) is 0 Å². The highest BCUT2D eigenvalue weighted by Crippen LogP contribution is 1.96. The fourth-order valence-corrected chi connectivity index (χ4v) is 0.700. The zero-order valence-electron chi connectivity index (χ0n) is 7.08. The summed E-state index contributed by atoms with van der Waals surface area (Å²) in [6.07, 6.45) is 0.798. The van der Waals surface area contributed by atoms with Gasteiger partial charge in [-0.15, -0.1) is 0 Å². The Morgan fingerprint density at radius 2 is 2.18 bits per heavy atom. The highest BCUT2D eigenvalue weighted by atomic mass is 16.5. The molecule has 0 aliphatic rings. The SMILES string of the molecule is [CH2]C(CCOCCO)OCC. The molecule has 0 bridgehead atoms. The van der Waals surface area contributed by atoms with Crippen LogP contribution in [0.1, 0.15) is 13.3 Å². The van der Waals surface area contributed by atoms with E-state index in [4.69, 9.17) is 14.6 Å². The Hall–Kier alpha value is -0.120. The summed E-state index contributed by atoms with van der Waals surface area (Å²) in [7, 11) is 0. The Kier molecular flexibility index (Phi) is 7.89. The van der Waals surface area contributed by atoms with E-state index in [2.05, 4.69) is 6.92 Å². The van der Waals surface area contributed by atoms with Gasteiger partial charge >= 0.3 is 0 Å². The van der Waals surface area contributed by atoms with Crippen LogP contribution >= 0.6 is 0 Å². The van der Waals surface area contributed by atoms with Crippen molar-refractivity contribution in [2.24, 2.45) is 0 Å². The number of hydrogen-bond donors (Lipinski definition) is 1. The summed E-state index contributed by atoms with van der Waals surface area (Å²) in [6.45, 7) is 7.47. The fourth-order valence-electron chi connectivity index (χ4n) is 0.700. The van der Waals surface area contributed by atoms with Crippen LogP contribution in [-0.4, -0.2) is 37.6 Å². The molecule has 1 N–H and O–H groups in total. The molecule has 0 heterocycles. The third-order valence-electron chi connectivity index (χ3n) is 1.22. The van der Waals surface area contributed by atoms with Crippen LogP contribution in [0.25, 0.3) is 0 Å². The molecule has 3 heteroatoms. The van der Waals surface area contributed by atoms with Gasteiger partial charge in [0.25, 0.3) is 0 Å². The van der Waals surface area contributed by atoms with Gasteiger partial charge in [0.1, 0.15) is 0 Å². The minimum Gasteiger partial charge on any atom is -0.394 e. The van der Waals surface area contributed by atoms with Gasteiger partial charge in [-0.25, -0.2) is 0 Å². The van der Waals surface area contributed by atoms with Crippen LogP contribution in [0.2, 0.25) is 0 Å². The summed E-state index contributed by atoms with van der Waals surface area (Å²) in [5, 5.41) is 8.36. The van der Waals surface area contributed by atoms with Crippen molar-refractivity contribution in [1.82, 2.24) is 0 Å². The number of hydrogen-bond acceptors (Lipinski definition) is 3. The number of aliphatic hydroxyl groups excluding tert-OH is 1. The lowest BCUT2D eigenvalue weighted by Crippen LogP contribution is -2.12. The van der Waals surface area contributed by atoms with E-state index < -0.39 is 0 Å². The molecular weight excluding hydrogens is 144 g/mol. The van der Waals surface area contributed by atoms with E-state index in [-0.39, 0.29) is 12.7 Å². The molecule has 0 aromatic heterocycles. The van der Waals surface area contributed by atoms with Crippen molar-refractivity contribution in [2.45, 2.75) is 19.4 Å². The maximum Gasteiger partial charge on any atom is 0.0697 e. The molecule has 0 saturated carbocycles. The first-order valence-electron chi connectivity index (χ1n) is 3.94. The Morgan fingerprint density at radius 1 is 1.45 bits per heavy atom. The highest BCUT2D eigenvalue weighted by molar-refractivity contribution is 4.58. The van der Waals surface area contributed by atoms with Crippen LogP contribution < -0.4 is 0 Å². The number of ether oxygens (including phenoxy) is 2. The van der Waals surface area contributed by atoms with Gasteiger partial charge in [0, 0.05) is 13.2 Å². The largest absolute Gasteiger partial charge is 0.394 e. The molecule has 0 aromatic carbocycles. The molecule has 1 atom stereocenters. The van der Waals surface area contributed by atoms with Gasteiger partial charge in [-0.05, 0) is 20.3 Å². The molecule has 1 unspecified atom stereocenters. The first-order chi connectivity index (χ1) is 5.31. The maximum absolute atomic E-state index is 8.36. The summed E-state index contributed by atoms with van der Waals surface area (Å²) in [6, 6.07) is 0. The molecule has 0 aliphatic carbocycles. The summed E-state index contributed by atoms with van der Waals surface area (Å²) in [5.41, 5.74) is 0. The van der Waals surface area contributed by atoms with E-state index in [1.54, 1.807) is 0 Å². The minimum absolute atomic E-state index is 0.0127. The first-order valence-corrected chi connectivity index (χ1v) is 3.94. The lowest BCUT2D eigenvalue weighted by atomic mass is 10.3. The Bertz CT molecular complexity index is 75.7. The molecule has 0 amide bonds. The second-order valence-electron chi connectivity index (χ2n) is 2.20. The minimum atomic E-state index is 0.0127. The van der Waals surface area contributed by atoms with Crippen LogP contribution in [0.3, 0.4) is 0 Å². The van der Waals surface area contributed by atoms with Crippen molar-refractivity contribution < 1.29 is 14.6 Å². The topological polar surface area (TPSA) is 38.7 Å². The van der Waals surface area contributed by atoms with Gasteiger partial charge in [-0.2, -0.15) is 0 Å². The summed E-state index contributed by atoms with van der Waals surface area (Å²) in [5.74, 6) is 0. The molecule has 0 fully saturated rings. The second kappa shape index (κ2) is 7.98. The van der Waals surface area contributed by atoms with Gasteiger partial charge < -0.3 is 14.6 Å². The Labute approximate surface area is 68.3 Å². The van der Waals surface area contributed by atoms with Crippen molar-refractivity contribution in [3.05, 3.63) is 6.92 Å². The molecule has 11 heavy (non-hydrogen) atoms. The third-order valence-corrected chi connectivity index (χ3v) is 1.22. The van der Waals surface area contributed by atoms with Crippen LogP contribution in [0.15, 0.2) is 0 Å². The van der Waals surface area contributed by atoms with Crippen LogP contribution in [0.4, 0.5) is 0 Å². The lowest BCUT2D eigenvalue weighted by Gasteiger charge is -2.10. The predicted octanol–water partition coefficient (Wildman–Crippen LogP) is 0.625. The number of rotatable bonds is 7. The third kappa shape index (κ3) is 7.78. The van der Waals surface area contributed by atoms with Gasteiger partial charge in [0.05, 0.1) is 19.3 Å². The smallest absolute Gasteiger partial charge is 0.0697 e. The van der Waals surface area contributed by atoms with Crippen LogP contribution in [0.5, 0.6) is 0 Å². The molecule has 1 radical (unpaired) electrons. The summed E-state index contributed by atoms with van der Waals surface area (Å²) < 4.78 is 10.2. The Balaban J connectivity index is 2.97. The van der Waals surface area contributed by atoms with Crippen molar-refractivity contribution >= 4 is 0 Å². The summed E-state index contributed by atoms with van der Waals surface area (Å²) in [4.78, 5) is 0. The fraction of sp³-hybridized carbons (Fsp3) is 0.875. The molecule has 67 valence electrons. The molecule has 0 rings (SSSR count). The summed E-state index contributed by atoms with van der Waals surface area (Å²) >= 11 is 0. The molecule has 0 spiro atoms. The maximum atomic E-state index is 8.36. The average Bonchev–Trinajstić information content (AvgIpc) is 1.99. The van der Waals surface area contributed by atoms with Gasteiger partial charge in [-0.1, -0.05) is 0 Å². The predicted molar refractivity (Wildman–Crippen MR) is 43.3 cm³/mol. The van der Waals surface area contributed by atoms with Crippen molar-refractivity contribution in [3.8, 4) is 0 Å². The van der Waals surface area contributed by atoms with E-state index in [0.717, 1.165) is 6.42 Å². The molecule has 0 aromatic rings. The van der Waals surface area contributed by atoms with E-state index in [0.29, 0.717) is 19.8 Å². The van der Waals surface area contributed by atoms with E-state index in [1.807, 2.05) is 6.92 Å². The molecule has 3 nitrogen and oxygen atoms in total. The second-order valence-corrected chi connectivity index (χ2v) is 2.20. The molecular formula is C8H17O3. The zero-order chi connectivity index (χ0) is 8.53. The monoisotopic (exact) mass is 161 g/mol. The normalized spacial score (nSPS) is 13.4. The standard InChI is InChI=1S/C8H17O3/c1-3-11-8(2)4-6-10-7-5-9/h8-9H,2-7H2,1H3. The van der Waals surface area contributed by atoms with E-state index >= 15 is 0 Å².